The van der Waals surface area contributed by atoms with Crippen LogP contribution in [0.5, 0.6) is 0 Å². The zero-order valence-corrected chi connectivity index (χ0v) is 25.1. The summed E-state index contributed by atoms with van der Waals surface area (Å²) < 4.78 is 4.84. The van der Waals surface area contributed by atoms with Crippen LogP contribution in [-0.4, -0.2) is 4.57 Å². The Labute approximate surface area is 221 Å². The summed E-state index contributed by atoms with van der Waals surface area (Å²) in [7, 11) is 0. The fraction of sp³-hybridized carbons (Fsp3) is 0.400. The summed E-state index contributed by atoms with van der Waals surface area (Å²) in [4.78, 5) is 0. The highest BCUT2D eigenvalue weighted by molar-refractivity contribution is 14.1. The smallest absolute Gasteiger partial charge is 0.0617 e. The maximum absolute atomic E-state index is 3.94. The van der Waals surface area contributed by atoms with E-state index in [4.69, 9.17) is 0 Å². The fourth-order valence-corrected chi connectivity index (χ4v) is 5.40. The summed E-state index contributed by atoms with van der Waals surface area (Å²) in [6.07, 6.45) is 0. The predicted octanol–water partition coefficient (Wildman–Crippen LogP) is 10.0. The molecule has 0 aliphatic rings. The lowest BCUT2D eigenvalue weighted by Gasteiger charge is -2.23. The van der Waals surface area contributed by atoms with E-state index in [1.54, 1.807) is 0 Å². The van der Waals surface area contributed by atoms with Crippen molar-refractivity contribution in [2.75, 3.05) is 0 Å². The number of benzene rings is 3. The molecule has 0 N–H and O–H groups in total. The Balaban J connectivity index is 2.16. The number of fused-ring (bicyclic) bond motifs is 3. The molecule has 0 aliphatic carbocycles. The molecule has 0 saturated carbocycles. The molecule has 0 unspecified atom stereocenters. The van der Waals surface area contributed by atoms with Gasteiger partial charge in [0.1, 0.15) is 0 Å². The van der Waals surface area contributed by atoms with Crippen LogP contribution in [0.3, 0.4) is 0 Å². The predicted molar refractivity (Wildman–Crippen MR) is 157 cm³/mol. The standard InChI is InChI=1S/C30H35BrIN/c1-28(2,3)18-10-12-24-21(14-18)22-15-19(29(4,5)6)11-13-25(22)33(24)26-17-20(30(7,8)9)16-23(32)27(26)31/h10-17H,1-9H3. The third kappa shape index (κ3) is 4.52. The molecule has 1 aromatic heterocycles. The van der Waals surface area contributed by atoms with Gasteiger partial charge in [0.15, 0.2) is 0 Å². The van der Waals surface area contributed by atoms with Crippen LogP contribution in [0.4, 0.5) is 0 Å². The minimum absolute atomic E-state index is 0.0763. The van der Waals surface area contributed by atoms with E-state index >= 15 is 0 Å². The molecule has 0 radical (unpaired) electrons. The summed E-state index contributed by atoms with van der Waals surface area (Å²) >= 11 is 6.40. The molecule has 1 heterocycles. The van der Waals surface area contributed by atoms with Gasteiger partial charge in [-0.05, 0) is 108 Å². The normalized spacial score (nSPS) is 13.3. The highest BCUT2D eigenvalue weighted by Gasteiger charge is 2.23. The van der Waals surface area contributed by atoms with Crippen LogP contribution in [0.2, 0.25) is 0 Å². The highest BCUT2D eigenvalue weighted by Crippen LogP contribution is 2.41. The van der Waals surface area contributed by atoms with Crippen molar-refractivity contribution in [2.24, 2.45) is 0 Å². The molecular formula is C30H35BrIN. The molecule has 0 atom stereocenters. The summed E-state index contributed by atoms with van der Waals surface area (Å²) in [5.74, 6) is 0. The van der Waals surface area contributed by atoms with Crippen molar-refractivity contribution in [1.29, 1.82) is 0 Å². The summed E-state index contributed by atoms with van der Waals surface area (Å²) in [5.41, 5.74) is 8.08. The lowest BCUT2D eigenvalue weighted by molar-refractivity contribution is 0.589. The van der Waals surface area contributed by atoms with Crippen molar-refractivity contribution in [2.45, 2.75) is 78.6 Å². The van der Waals surface area contributed by atoms with Crippen LogP contribution in [0.15, 0.2) is 53.0 Å². The first kappa shape index (κ1) is 24.8. The van der Waals surface area contributed by atoms with E-state index in [0.717, 1.165) is 4.47 Å². The number of halogens is 2. The highest BCUT2D eigenvalue weighted by atomic mass is 127. The number of hydrogen-bond acceptors (Lipinski definition) is 0. The fourth-order valence-electron chi connectivity index (χ4n) is 4.39. The van der Waals surface area contributed by atoms with Crippen molar-refractivity contribution >= 4 is 60.3 Å². The van der Waals surface area contributed by atoms with Gasteiger partial charge in [0, 0.05) is 14.3 Å². The van der Waals surface area contributed by atoms with Gasteiger partial charge in [-0.1, -0.05) is 74.4 Å². The molecule has 0 aliphatic heterocycles. The van der Waals surface area contributed by atoms with Crippen molar-refractivity contribution < 1.29 is 0 Å². The van der Waals surface area contributed by atoms with E-state index in [9.17, 15) is 0 Å². The van der Waals surface area contributed by atoms with Gasteiger partial charge in [-0.15, -0.1) is 0 Å². The van der Waals surface area contributed by atoms with Gasteiger partial charge in [-0.25, -0.2) is 0 Å². The summed E-state index contributed by atoms with van der Waals surface area (Å²) in [5, 5.41) is 2.65. The van der Waals surface area contributed by atoms with Gasteiger partial charge in [-0.3, -0.25) is 0 Å². The molecule has 33 heavy (non-hydrogen) atoms. The molecule has 0 saturated heterocycles. The average molecular weight is 616 g/mol. The van der Waals surface area contributed by atoms with E-state index in [-0.39, 0.29) is 16.2 Å². The first-order chi connectivity index (χ1) is 15.1. The zero-order chi connectivity index (χ0) is 24.5. The van der Waals surface area contributed by atoms with E-state index in [1.165, 1.54) is 47.8 Å². The minimum atomic E-state index is 0.0763. The number of hydrogen-bond donors (Lipinski definition) is 0. The lowest BCUT2D eigenvalue weighted by Crippen LogP contribution is -2.13. The molecule has 3 heteroatoms. The van der Waals surface area contributed by atoms with E-state index < -0.39 is 0 Å². The summed E-state index contributed by atoms with van der Waals surface area (Å²) in [6, 6.07) is 18.7. The van der Waals surface area contributed by atoms with Gasteiger partial charge in [0.25, 0.3) is 0 Å². The van der Waals surface area contributed by atoms with Gasteiger partial charge in [0.05, 0.1) is 21.2 Å². The molecule has 0 amide bonds. The average Bonchev–Trinajstić information content (AvgIpc) is 3.01. The van der Waals surface area contributed by atoms with Gasteiger partial charge in [0.2, 0.25) is 0 Å². The zero-order valence-electron chi connectivity index (χ0n) is 21.3. The summed E-state index contributed by atoms with van der Waals surface area (Å²) in [6.45, 7) is 20.6. The molecule has 3 aromatic carbocycles. The Hall–Kier alpha value is -1.33. The van der Waals surface area contributed by atoms with Crippen LogP contribution in [0, 0.1) is 3.57 Å². The maximum atomic E-state index is 3.94. The second-order valence-corrected chi connectivity index (χ2v) is 14.3. The van der Waals surface area contributed by atoms with Crippen LogP contribution in [0.1, 0.15) is 79.0 Å². The second-order valence-electron chi connectivity index (χ2n) is 12.3. The Morgan fingerprint density at radius 1 is 0.606 bits per heavy atom. The first-order valence-electron chi connectivity index (χ1n) is 11.7. The lowest BCUT2D eigenvalue weighted by atomic mass is 9.85. The first-order valence-corrected chi connectivity index (χ1v) is 13.6. The van der Waals surface area contributed by atoms with Crippen molar-refractivity contribution in [1.82, 2.24) is 4.57 Å². The Kier molecular flexibility index (Phi) is 6.10. The van der Waals surface area contributed by atoms with Crippen molar-refractivity contribution in [3.8, 4) is 5.69 Å². The molecule has 174 valence electrons. The Morgan fingerprint density at radius 3 is 1.42 bits per heavy atom. The van der Waals surface area contributed by atoms with Gasteiger partial charge >= 0.3 is 0 Å². The maximum Gasteiger partial charge on any atom is 0.0617 e. The van der Waals surface area contributed by atoms with Crippen molar-refractivity contribution in [3.05, 3.63) is 73.3 Å². The Morgan fingerprint density at radius 2 is 1.03 bits per heavy atom. The molecule has 0 bridgehead atoms. The van der Waals surface area contributed by atoms with E-state index in [1.807, 2.05) is 0 Å². The van der Waals surface area contributed by atoms with Crippen LogP contribution in [-0.2, 0) is 16.2 Å². The Bertz CT molecular complexity index is 1300. The number of aromatic nitrogens is 1. The van der Waals surface area contributed by atoms with Crippen LogP contribution >= 0.6 is 38.5 Å². The monoisotopic (exact) mass is 615 g/mol. The van der Waals surface area contributed by atoms with Gasteiger partial charge < -0.3 is 4.57 Å². The molecule has 4 rings (SSSR count). The topological polar surface area (TPSA) is 4.93 Å². The molecule has 0 spiro atoms. The third-order valence-electron chi connectivity index (χ3n) is 6.61. The van der Waals surface area contributed by atoms with Gasteiger partial charge in [-0.2, -0.15) is 0 Å². The van der Waals surface area contributed by atoms with Crippen LogP contribution < -0.4 is 0 Å². The SMILES string of the molecule is CC(C)(C)c1cc(I)c(Br)c(-n2c3ccc(C(C)(C)C)cc3c3cc(C(C)(C)C)ccc32)c1. The van der Waals surface area contributed by atoms with Crippen LogP contribution in [0.25, 0.3) is 27.5 Å². The van der Waals surface area contributed by atoms with E-state index in [2.05, 4.69) is 154 Å². The largest absolute Gasteiger partial charge is 0.308 e. The quantitative estimate of drug-likeness (QED) is 0.188. The number of rotatable bonds is 1. The number of nitrogens with zero attached hydrogens (tertiary/aromatic N) is 1. The molecule has 0 fully saturated rings. The molecular weight excluding hydrogens is 581 g/mol. The minimum Gasteiger partial charge on any atom is -0.308 e. The third-order valence-corrected chi connectivity index (χ3v) is 9.04. The molecule has 1 nitrogen and oxygen atoms in total. The van der Waals surface area contributed by atoms with E-state index in [0.29, 0.717) is 0 Å². The van der Waals surface area contributed by atoms with Crippen molar-refractivity contribution in [3.63, 3.8) is 0 Å². The molecule has 4 aromatic rings. The second kappa shape index (κ2) is 8.12.